The highest BCUT2D eigenvalue weighted by atomic mass is 32.1. The molecular formula is C10H12N2O3S. The largest absolute Gasteiger partial charge is 0.476 e. The maximum Gasteiger partial charge on any atom is 0.356 e. The van der Waals surface area contributed by atoms with Gasteiger partial charge >= 0.3 is 5.97 Å². The van der Waals surface area contributed by atoms with Crippen LogP contribution in [0.1, 0.15) is 39.9 Å². The summed E-state index contributed by atoms with van der Waals surface area (Å²) in [5.41, 5.74) is -0.143. The second-order valence-corrected chi connectivity index (χ2v) is 4.88. The number of carboxylic acid groups (broad SMARTS) is 1. The lowest BCUT2D eigenvalue weighted by Crippen LogP contribution is -2.05. The Morgan fingerprint density at radius 1 is 1.56 bits per heavy atom. The number of carbonyl (C=O) groups is 2. The maximum atomic E-state index is 11.2. The summed E-state index contributed by atoms with van der Waals surface area (Å²) >= 11 is 1.11. The Kier molecular flexibility index (Phi) is 2.91. The summed E-state index contributed by atoms with van der Waals surface area (Å²) in [6.07, 6.45) is 2.42. The first-order valence-electron chi connectivity index (χ1n) is 5.07. The molecule has 0 atom stereocenters. The van der Waals surface area contributed by atoms with Crippen LogP contribution in [0.5, 0.6) is 0 Å². The van der Waals surface area contributed by atoms with E-state index in [4.69, 9.17) is 5.11 Å². The Hall–Kier alpha value is -1.43. The highest BCUT2D eigenvalue weighted by Crippen LogP contribution is 2.30. The average molecular weight is 240 g/mol. The minimum Gasteiger partial charge on any atom is -0.476 e. The van der Waals surface area contributed by atoms with E-state index in [1.165, 1.54) is 19.8 Å². The molecule has 1 aliphatic carbocycles. The number of carbonyl (C=O) groups excluding carboxylic acids is 1. The second-order valence-electron chi connectivity index (χ2n) is 3.88. The normalized spacial score (nSPS) is 14.8. The van der Waals surface area contributed by atoms with Crippen molar-refractivity contribution in [2.75, 3.05) is 11.9 Å². The van der Waals surface area contributed by atoms with Crippen molar-refractivity contribution in [2.45, 2.75) is 19.8 Å². The van der Waals surface area contributed by atoms with E-state index in [1.54, 1.807) is 0 Å². The summed E-state index contributed by atoms with van der Waals surface area (Å²) in [5, 5.41) is 12.5. The third-order valence-electron chi connectivity index (χ3n) is 2.39. The minimum atomic E-state index is -1.15. The molecule has 0 radical (unpaired) electrons. The Bertz CT molecular complexity index is 406. The molecule has 1 heterocycles. The number of aromatic carboxylic acids is 1. The number of rotatable bonds is 5. The Morgan fingerprint density at radius 2 is 2.25 bits per heavy atom. The first kappa shape index (κ1) is 11.1. The van der Waals surface area contributed by atoms with Gasteiger partial charge in [-0.15, -0.1) is 0 Å². The molecule has 2 N–H and O–H groups in total. The molecule has 16 heavy (non-hydrogen) atoms. The van der Waals surface area contributed by atoms with Crippen LogP contribution in [0.4, 0.5) is 5.13 Å². The number of ketones is 1. The molecule has 5 nitrogen and oxygen atoms in total. The number of aromatic nitrogens is 1. The lowest BCUT2D eigenvalue weighted by molar-refractivity contribution is 0.0687. The number of hydrogen-bond donors (Lipinski definition) is 2. The van der Waals surface area contributed by atoms with Gasteiger partial charge in [-0.3, -0.25) is 4.79 Å². The summed E-state index contributed by atoms with van der Waals surface area (Å²) in [6.45, 7) is 2.16. The molecule has 0 saturated heterocycles. The van der Waals surface area contributed by atoms with E-state index in [9.17, 15) is 9.59 Å². The van der Waals surface area contributed by atoms with E-state index in [0.29, 0.717) is 11.0 Å². The quantitative estimate of drug-likeness (QED) is 0.768. The van der Waals surface area contributed by atoms with E-state index in [-0.39, 0.29) is 16.4 Å². The molecule has 1 aromatic rings. The number of Topliss-reactive ketones (excluding diaryl/α,β-unsaturated/α-hetero) is 1. The van der Waals surface area contributed by atoms with E-state index in [0.717, 1.165) is 17.9 Å². The molecule has 1 fully saturated rings. The number of anilines is 1. The molecule has 1 aromatic heterocycles. The summed E-state index contributed by atoms with van der Waals surface area (Å²) in [4.78, 5) is 26.2. The predicted octanol–water partition coefficient (Wildman–Crippen LogP) is 1.87. The fourth-order valence-corrected chi connectivity index (χ4v) is 2.19. The van der Waals surface area contributed by atoms with Gasteiger partial charge in [-0.1, -0.05) is 11.3 Å². The van der Waals surface area contributed by atoms with Crippen LogP contribution in [0, 0.1) is 5.92 Å². The van der Waals surface area contributed by atoms with Crippen molar-refractivity contribution in [2.24, 2.45) is 5.92 Å². The fraction of sp³-hybridized carbons (Fsp3) is 0.500. The molecule has 0 aromatic carbocycles. The van der Waals surface area contributed by atoms with Crippen molar-refractivity contribution in [3.63, 3.8) is 0 Å². The van der Waals surface area contributed by atoms with Gasteiger partial charge in [0.15, 0.2) is 16.6 Å². The maximum absolute atomic E-state index is 11.2. The Labute approximate surface area is 96.5 Å². The van der Waals surface area contributed by atoms with E-state index < -0.39 is 5.97 Å². The second kappa shape index (κ2) is 4.21. The van der Waals surface area contributed by atoms with Gasteiger partial charge in [0.25, 0.3) is 0 Å². The van der Waals surface area contributed by atoms with Gasteiger partial charge in [0.1, 0.15) is 4.88 Å². The van der Waals surface area contributed by atoms with E-state index in [1.807, 2.05) is 0 Å². The van der Waals surface area contributed by atoms with Crippen LogP contribution in [0.2, 0.25) is 0 Å². The molecule has 0 aliphatic heterocycles. The van der Waals surface area contributed by atoms with Gasteiger partial charge in [-0.25, -0.2) is 9.78 Å². The van der Waals surface area contributed by atoms with Crippen LogP contribution in [0.25, 0.3) is 0 Å². The fourth-order valence-electron chi connectivity index (χ4n) is 1.33. The smallest absolute Gasteiger partial charge is 0.356 e. The van der Waals surface area contributed by atoms with Crippen molar-refractivity contribution in [1.82, 2.24) is 4.98 Å². The van der Waals surface area contributed by atoms with Crippen LogP contribution < -0.4 is 5.32 Å². The first-order valence-corrected chi connectivity index (χ1v) is 5.88. The molecule has 1 aliphatic rings. The lowest BCUT2D eigenvalue weighted by atomic mass is 10.3. The van der Waals surface area contributed by atoms with Crippen LogP contribution in [0.15, 0.2) is 0 Å². The van der Waals surface area contributed by atoms with Crippen LogP contribution in [0.3, 0.4) is 0 Å². The molecule has 2 rings (SSSR count). The zero-order chi connectivity index (χ0) is 11.7. The molecule has 0 amide bonds. The van der Waals surface area contributed by atoms with Crippen LogP contribution >= 0.6 is 11.3 Å². The van der Waals surface area contributed by atoms with Crippen molar-refractivity contribution in [3.8, 4) is 0 Å². The summed E-state index contributed by atoms with van der Waals surface area (Å²) in [6, 6.07) is 0. The van der Waals surface area contributed by atoms with Gasteiger partial charge < -0.3 is 10.4 Å². The Morgan fingerprint density at radius 3 is 2.69 bits per heavy atom. The third kappa shape index (κ3) is 2.38. The third-order valence-corrected chi connectivity index (χ3v) is 3.50. The molecule has 0 spiro atoms. The zero-order valence-corrected chi connectivity index (χ0v) is 9.63. The number of carboxylic acids is 1. The summed E-state index contributed by atoms with van der Waals surface area (Å²) in [7, 11) is 0. The lowest BCUT2D eigenvalue weighted by Gasteiger charge is -1.97. The number of hydrogen-bond acceptors (Lipinski definition) is 5. The number of thiazole rings is 1. The van der Waals surface area contributed by atoms with Crippen LogP contribution in [-0.2, 0) is 0 Å². The topological polar surface area (TPSA) is 79.3 Å². The van der Waals surface area contributed by atoms with Gasteiger partial charge in [-0.05, 0) is 18.8 Å². The standard InChI is InChI=1S/C10H12N2O3S/c1-5(13)8-7(9(14)15)12-10(16-8)11-4-6-2-3-6/h6H,2-4H2,1H3,(H,11,12)(H,14,15). The van der Waals surface area contributed by atoms with Crippen LogP contribution in [-0.4, -0.2) is 28.4 Å². The van der Waals surface area contributed by atoms with Gasteiger partial charge in [0.05, 0.1) is 0 Å². The highest BCUT2D eigenvalue weighted by Gasteiger charge is 2.23. The van der Waals surface area contributed by atoms with Crippen molar-refractivity contribution in [3.05, 3.63) is 10.6 Å². The SMILES string of the molecule is CC(=O)c1sc(NCC2CC2)nc1C(=O)O. The Balaban J connectivity index is 2.15. The van der Waals surface area contributed by atoms with Gasteiger partial charge in [-0.2, -0.15) is 0 Å². The zero-order valence-electron chi connectivity index (χ0n) is 8.82. The van der Waals surface area contributed by atoms with E-state index >= 15 is 0 Å². The molecule has 1 saturated carbocycles. The van der Waals surface area contributed by atoms with E-state index in [2.05, 4.69) is 10.3 Å². The van der Waals surface area contributed by atoms with Gasteiger partial charge in [0.2, 0.25) is 0 Å². The minimum absolute atomic E-state index is 0.143. The molecule has 0 unspecified atom stereocenters. The molecule has 0 bridgehead atoms. The van der Waals surface area contributed by atoms with Crippen molar-refractivity contribution in [1.29, 1.82) is 0 Å². The molecule has 86 valence electrons. The molecular weight excluding hydrogens is 228 g/mol. The van der Waals surface area contributed by atoms with Crippen molar-refractivity contribution >= 4 is 28.2 Å². The number of nitrogens with one attached hydrogen (secondary N) is 1. The molecule has 6 heteroatoms. The monoisotopic (exact) mass is 240 g/mol. The first-order chi connectivity index (χ1) is 7.58. The highest BCUT2D eigenvalue weighted by molar-refractivity contribution is 7.17. The summed E-state index contributed by atoms with van der Waals surface area (Å²) < 4.78 is 0. The predicted molar refractivity (Wildman–Crippen MR) is 60.3 cm³/mol. The number of nitrogens with zero attached hydrogens (tertiary/aromatic N) is 1. The van der Waals surface area contributed by atoms with Crippen molar-refractivity contribution < 1.29 is 14.7 Å². The van der Waals surface area contributed by atoms with Gasteiger partial charge in [0, 0.05) is 13.5 Å². The average Bonchev–Trinajstić information content (AvgIpc) is 2.93. The summed E-state index contributed by atoms with van der Waals surface area (Å²) in [5.74, 6) is -0.728.